The Morgan fingerprint density at radius 1 is 1.15 bits per heavy atom. The Kier molecular flexibility index (Phi) is 3.24. The van der Waals surface area contributed by atoms with Crippen LogP contribution < -0.4 is 5.32 Å². The Balaban J connectivity index is 2.07. The van der Waals surface area contributed by atoms with Gasteiger partial charge in [0.2, 0.25) is 0 Å². The molecule has 1 aromatic carbocycles. The third kappa shape index (κ3) is 2.30. The fraction of sp³-hybridized carbons (Fsp3) is 0.250. The van der Waals surface area contributed by atoms with Gasteiger partial charge in [-0.2, -0.15) is 0 Å². The van der Waals surface area contributed by atoms with Crippen molar-refractivity contribution in [3.05, 3.63) is 59.4 Å². The van der Waals surface area contributed by atoms with Crippen molar-refractivity contribution >= 4 is 11.0 Å². The molecule has 4 heteroatoms. The summed E-state index contributed by atoms with van der Waals surface area (Å²) in [5, 5.41) is 4.37. The normalized spacial score (nSPS) is 12.8. The van der Waals surface area contributed by atoms with Crippen LogP contribution in [0.3, 0.4) is 0 Å². The second kappa shape index (κ2) is 5.06. The molecule has 1 atom stereocenters. The van der Waals surface area contributed by atoms with Crippen LogP contribution in [-0.4, -0.2) is 17.0 Å². The third-order valence-corrected chi connectivity index (χ3v) is 3.36. The standard InChI is InChI=1S/C16H17N3O/c1-10-4-5-14-12(8-10)9-15(20-14)16(17-3)13-6-7-18-11(2)19-13/h4-9,16-17H,1-3H3. The van der Waals surface area contributed by atoms with Crippen molar-refractivity contribution in [2.45, 2.75) is 19.9 Å². The number of nitrogens with one attached hydrogen (secondary N) is 1. The molecule has 0 saturated carbocycles. The molecular weight excluding hydrogens is 250 g/mol. The first kappa shape index (κ1) is 12.8. The van der Waals surface area contributed by atoms with Gasteiger partial charge in [-0.1, -0.05) is 11.6 Å². The lowest BCUT2D eigenvalue weighted by Gasteiger charge is -2.12. The molecule has 102 valence electrons. The van der Waals surface area contributed by atoms with E-state index in [-0.39, 0.29) is 6.04 Å². The van der Waals surface area contributed by atoms with E-state index in [1.165, 1.54) is 5.56 Å². The van der Waals surface area contributed by atoms with Crippen molar-refractivity contribution in [1.29, 1.82) is 0 Å². The fourth-order valence-electron chi connectivity index (χ4n) is 2.40. The van der Waals surface area contributed by atoms with Crippen LogP contribution in [0.4, 0.5) is 0 Å². The van der Waals surface area contributed by atoms with Crippen molar-refractivity contribution in [3.63, 3.8) is 0 Å². The maximum Gasteiger partial charge on any atom is 0.134 e. The number of hydrogen-bond acceptors (Lipinski definition) is 4. The maximum absolute atomic E-state index is 5.95. The Morgan fingerprint density at radius 3 is 2.75 bits per heavy atom. The zero-order valence-corrected chi connectivity index (χ0v) is 11.8. The van der Waals surface area contributed by atoms with Crippen LogP contribution in [0, 0.1) is 13.8 Å². The molecule has 0 aliphatic heterocycles. The third-order valence-electron chi connectivity index (χ3n) is 3.36. The molecule has 1 N–H and O–H groups in total. The van der Waals surface area contributed by atoms with Crippen LogP contribution in [-0.2, 0) is 0 Å². The highest BCUT2D eigenvalue weighted by Crippen LogP contribution is 2.27. The number of nitrogens with zero attached hydrogens (tertiary/aromatic N) is 2. The van der Waals surface area contributed by atoms with Crippen molar-refractivity contribution in [2.24, 2.45) is 0 Å². The molecule has 0 amide bonds. The van der Waals surface area contributed by atoms with Gasteiger partial charge in [-0.15, -0.1) is 0 Å². The minimum atomic E-state index is -0.0654. The molecule has 0 fully saturated rings. The highest BCUT2D eigenvalue weighted by Gasteiger charge is 2.18. The average Bonchev–Trinajstić information content (AvgIpc) is 2.82. The molecule has 0 radical (unpaired) electrons. The van der Waals surface area contributed by atoms with E-state index in [0.717, 1.165) is 28.2 Å². The molecule has 3 rings (SSSR count). The van der Waals surface area contributed by atoms with Gasteiger partial charge in [-0.3, -0.25) is 0 Å². The van der Waals surface area contributed by atoms with E-state index >= 15 is 0 Å². The monoisotopic (exact) mass is 267 g/mol. The quantitative estimate of drug-likeness (QED) is 0.792. The van der Waals surface area contributed by atoms with E-state index < -0.39 is 0 Å². The van der Waals surface area contributed by atoms with Crippen LogP contribution >= 0.6 is 0 Å². The summed E-state index contributed by atoms with van der Waals surface area (Å²) >= 11 is 0. The van der Waals surface area contributed by atoms with Gasteiger partial charge in [0, 0.05) is 11.6 Å². The summed E-state index contributed by atoms with van der Waals surface area (Å²) in [5.41, 5.74) is 3.04. The summed E-state index contributed by atoms with van der Waals surface area (Å²) in [5.74, 6) is 1.63. The number of aromatic nitrogens is 2. The number of furan rings is 1. The summed E-state index contributed by atoms with van der Waals surface area (Å²) in [6.45, 7) is 3.97. The molecule has 0 saturated heterocycles. The van der Waals surface area contributed by atoms with Gasteiger partial charge >= 0.3 is 0 Å². The number of benzene rings is 1. The molecule has 1 unspecified atom stereocenters. The van der Waals surface area contributed by atoms with Crippen molar-refractivity contribution in [3.8, 4) is 0 Å². The van der Waals surface area contributed by atoms with Crippen molar-refractivity contribution in [1.82, 2.24) is 15.3 Å². The van der Waals surface area contributed by atoms with Crippen LogP contribution in [0.15, 0.2) is 40.9 Å². The molecule has 0 bridgehead atoms. The molecule has 0 spiro atoms. The number of aryl methyl sites for hydroxylation is 2. The molecule has 0 aliphatic rings. The number of fused-ring (bicyclic) bond motifs is 1. The first-order valence-corrected chi connectivity index (χ1v) is 6.64. The Morgan fingerprint density at radius 2 is 2.00 bits per heavy atom. The van der Waals surface area contributed by atoms with E-state index in [1.54, 1.807) is 6.20 Å². The van der Waals surface area contributed by atoms with Gasteiger partial charge in [0.25, 0.3) is 0 Å². The summed E-state index contributed by atoms with van der Waals surface area (Å²) in [6.07, 6.45) is 1.77. The lowest BCUT2D eigenvalue weighted by Crippen LogP contribution is -2.18. The Bertz CT molecular complexity index is 748. The molecule has 0 aliphatic carbocycles. The summed E-state index contributed by atoms with van der Waals surface area (Å²) < 4.78 is 5.95. The fourth-order valence-corrected chi connectivity index (χ4v) is 2.40. The summed E-state index contributed by atoms with van der Waals surface area (Å²) in [6, 6.07) is 10.1. The van der Waals surface area contributed by atoms with Gasteiger partial charge in [-0.05, 0) is 45.2 Å². The lowest BCUT2D eigenvalue weighted by atomic mass is 10.1. The molecule has 2 heterocycles. The van der Waals surface area contributed by atoms with Crippen molar-refractivity contribution in [2.75, 3.05) is 7.05 Å². The molecular formula is C16H17N3O. The highest BCUT2D eigenvalue weighted by atomic mass is 16.3. The average molecular weight is 267 g/mol. The number of hydrogen-bond donors (Lipinski definition) is 1. The largest absolute Gasteiger partial charge is 0.459 e. The predicted molar refractivity (Wildman–Crippen MR) is 78.6 cm³/mol. The molecule has 2 aromatic heterocycles. The maximum atomic E-state index is 5.95. The minimum absolute atomic E-state index is 0.0654. The van der Waals surface area contributed by atoms with E-state index in [0.29, 0.717) is 0 Å². The van der Waals surface area contributed by atoms with Crippen LogP contribution in [0.5, 0.6) is 0 Å². The first-order valence-electron chi connectivity index (χ1n) is 6.64. The van der Waals surface area contributed by atoms with Crippen LogP contribution in [0.1, 0.15) is 28.9 Å². The second-order valence-corrected chi connectivity index (χ2v) is 4.94. The van der Waals surface area contributed by atoms with Crippen LogP contribution in [0.25, 0.3) is 11.0 Å². The Labute approximate surface area is 117 Å². The number of rotatable bonds is 3. The first-order chi connectivity index (χ1) is 9.67. The zero-order chi connectivity index (χ0) is 14.1. The van der Waals surface area contributed by atoms with E-state index in [1.807, 2.05) is 26.1 Å². The summed E-state index contributed by atoms with van der Waals surface area (Å²) in [4.78, 5) is 8.61. The van der Waals surface area contributed by atoms with Crippen molar-refractivity contribution < 1.29 is 4.42 Å². The molecule has 20 heavy (non-hydrogen) atoms. The van der Waals surface area contributed by atoms with Gasteiger partial charge in [-0.25, -0.2) is 9.97 Å². The van der Waals surface area contributed by atoms with E-state index in [4.69, 9.17) is 4.42 Å². The van der Waals surface area contributed by atoms with E-state index in [9.17, 15) is 0 Å². The van der Waals surface area contributed by atoms with Crippen LogP contribution in [0.2, 0.25) is 0 Å². The summed E-state index contributed by atoms with van der Waals surface area (Å²) in [7, 11) is 1.90. The smallest absolute Gasteiger partial charge is 0.134 e. The van der Waals surface area contributed by atoms with Gasteiger partial charge < -0.3 is 9.73 Å². The predicted octanol–water partition coefficient (Wildman–Crippen LogP) is 3.15. The topological polar surface area (TPSA) is 51.0 Å². The van der Waals surface area contributed by atoms with E-state index in [2.05, 4.69) is 40.4 Å². The highest BCUT2D eigenvalue weighted by molar-refractivity contribution is 5.78. The molecule has 4 nitrogen and oxygen atoms in total. The minimum Gasteiger partial charge on any atom is -0.459 e. The molecule has 3 aromatic rings. The van der Waals surface area contributed by atoms with Gasteiger partial charge in [0.1, 0.15) is 23.2 Å². The SMILES string of the molecule is CNC(c1ccnc(C)n1)c1cc2cc(C)ccc2o1. The van der Waals surface area contributed by atoms with Gasteiger partial charge in [0.15, 0.2) is 0 Å². The second-order valence-electron chi connectivity index (χ2n) is 4.94. The van der Waals surface area contributed by atoms with Gasteiger partial charge in [0.05, 0.1) is 5.69 Å². The zero-order valence-electron chi connectivity index (χ0n) is 11.8. The lowest BCUT2D eigenvalue weighted by molar-refractivity contribution is 0.485. The Hall–Kier alpha value is -2.20.